The molecule has 1 heterocycles. The summed E-state index contributed by atoms with van der Waals surface area (Å²) in [6.07, 6.45) is 3.32. The smallest absolute Gasteiger partial charge is 0.260 e. The van der Waals surface area contributed by atoms with E-state index in [1.54, 1.807) is 23.5 Å². The number of nitrogens with two attached hydrogens (primary N) is 1. The van der Waals surface area contributed by atoms with E-state index >= 15 is 0 Å². The van der Waals surface area contributed by atoms with E-state index in [-0.39, 0.29) is 11.1 Å². The van der Waals surface area contributed by atoms with Crippen LogP contribution in [0.4, 0.5) is 5.69 Å². The number of aromatic nitrogens is 2. The van der Waals surface area contributed by atoms with Gasteiger partial charge in [0.15, 0.2) is 5.03 Å². The summed E-state index contributed by atoms with van der Waals surface area (Å²) in [5.74, 6) is 0. The van der Waals surface area contributed by atoms with Crippen LogP contribution in [-0.4, -0.2) is 28.5 Å². The van der Waals surface area contributed by atoms with Gasteiger partial charge in [-0.2, -0.15) is 9.40 Å². The fourth-order valence-electron chi connectivity index (χ4n) is 2.31. The maximum absolute atomic E-state index is 12.8. The number of nitrogen functional groups attached to an aromatic ring is 1. The van der Waals surface area contributed by atoms with Gasteiger partial charge in [-0.15, -0.1) is 0 Å². The minimum atomic E-state index is -3.53. The zero-order chi connectivity index (χ0) is 15.0. The Bertz CT molecular complexity index is 733. The highest BCUT2D eigenvalue weighted by molar-refractivity contribution is 7.89. The molecule has 0 radical (unpaired) electrons. The van der Waals surface area contributed by atoms with Crippen molar-refractivity contribution in [1.82, 2.24) is 14.1 Å². The molecule has 0 bridgehead atoms. The maximum Gasteiger partial charge on any atom is 0.260 e. The van der Waals surface area contributed by atoms with Crippen LogP contribution < -0.4 is 5.73 Å². The van der Waals surface area contributed by atoms with Crippen molar-refractivity contribution in [2.24, 2.45) is 7.05 Å². The highest BCUT2D eigenvalue weighted by Crippen LogP contribution is 2.33. The summed E-state index contributed by atoms with van der Waals surface area (Å²) in [5.41, 5.74) is 7.27. The van der Waals surface area contributed by atoms with Crippen LogP contribution in [0.2, 0.25) is 0 Å². The Hall–Kier alpha value is -1.86. The van der Waals surface area contributed by atoms with E-state index in [0.29, 0.717) is 12.2 Å². The molecule has 0 saturated heterocycles. The second-order valence-electron chi connectivity index (χ2n) is 5.32. The summed E-state index contributed by atoms with van der Waals surface area (Å²) in [4.78, 5) is 0. The molecule has 0 atom stereocenters. The predicted molar refractivity (Wildman–Crippen MR) is 79.8 cm³/mol. The third-order valence-corrected chi connectivity index (χ3v) is 5.59. The number of hydrogen-bond acceptors (Lipinski definition) is 4. The average Bonchev–Trinajstić information content (AvgIpc) is 3.18. The van der Waals surface area contributed by atoms with Crippen molar-refractivity contribution < 1.29 is 8.42 Å². The van der Waals surface area contributed by atoms with Crippen LogP contribution in [0.15, 0.2) is 41.6 Å². The molecule has 1 aliphatic carbocycles. The topological polar surface area (TPSA) is 81.2 Å². The molecule has 1 aromatic carbocycles. The van der Waals surface area contributed by atoms with Gasteiger partial charge in [0.2, 0.25) is 0 Å². The normalized spacial score (nSPS) is 15.5. The first-order chi connectivity index (χ1) is 9.98. The maximum atomic E-state index is 12.8. The zero-order valence-electron chi connectivity index (χ0n) is 11.8. The van der Waals surface area contributed by atoms with Crippen molar-refractivity contribution in [2.45, 2.75) is 30.5 Å². The van der Waals surface area contributed by atoms with Gasteiger partial charge in [0.1, 0.15) is 0 Å². The number of nitrogens with zero attached hydrogens (tertiary/aromatic N) is 3. The number of sulfonamides is 1. The van der Waals surface area contributed by atoms with Crippen LogP contribution >= 0.6 is 0 Å². The van der Waals surface area contributed by atoms with Crippen LogP contribution in [0.25, 0.3) is 0 Å². The molecule has 1 saturated carbocycles. The van der Waals surface area contributed by atoms with Crippen molar-refractivity contribution in [1.29, 1.82) is 0 Å². The van der Waals surface area contributed by atoms with Crippen LogP contribution in [0.3, 0.4) is 0 Å². The summed E-state index contributed by atoms with van der Waals surface area (Å²) in [6.45, 7) is 0.360. The molecule has 21 heavy (non-hydrogen) atoms. The Kier molecular flexibility index (Phi) is 3.46. The average molecular weight is 306 g/mol. The molecule has 1 aliphatic rings. The lowest BCUT2D eigenvalue weighted by atomic mass is 10.2. The van der Waals surface area contributed by atoms with E-state index in [1.165, 1.54) is 16.9 Å². The van der Waals surface area contributed by atoms with Gasteiger partial charge in [0.05, 0.1) is 6.20 Å². The lowest BCUT2D eigenvalue weighted by Crippen LogP contribution is -2.33. The largest absolute Gasteiger partial charge is 0.399 e. The first-order valence-electron chi connectivity index (χ1n) is 6.83. The van der Waals surface area contributed by atoms with Gasteiger partial charge in [-0.05, 0) is 36.6 Å². The first kappa shape index (κ1) is 14.1. The molecule has 1 fully saturated rings. The van der Waals surface area contributed by atoms with Gasteiger partial charge >= 0.3 is 0 Å². The summed E-state index contributed by atoms with van der Waals surface area (Å²) in [5, 5.41) is 4.18. The van der Waals surface area contributed by atoms with Gasteiger partial charge < -0.3 is 5.73 Å². The Morgan fingerprint density at radius 2 is 1.95 bits per heavy atom. The molecule has 2 aromatic rings. The second kappa shape index (κ2) is 5.16. The zero-order valence-corrected chi connectivity index (χ0v) is 12.6. The summed E-state index contributed by atoms with van der Waals surface area (Å²) >= 11 is 0. The standard InChI is InChI=1S/C14H18N4O2S/c1-17-14(8-9-16-17)21(19,20)18(13-6-7-13)10-11-2-4-12(15)5-3-11/h2-5,8-9,13H,6-7,10,15H2,1H3. The van der Waals surface area contributed by atoms with Gasteiger partial charge in [-0.1, -0.05) is 12.1 Å². The highest BCUT2D eigenvalue weighted by atomic mass is 32.2. The monoisotopic (exact) mass is 306 g/mol. The molecule has 112 valence electrons. The van der Waals surface area contributed by atoms with Gasteiger partial charge in [0.25, 0.3) is 10.0 Å². The number of hydrogen-bond donors (Lipinski definition) is 1. The Labute approximate surface area is 124 Å². The molecule has 7 heteroatoms. The molecule has 0 aliphatic heterocycles. The van der Waals surface area contributed by atoms with Gasteiger partial charge in [0, 0.05) is 25.3 Å². The van der Waals surface area contributed by atoms with Crippen molar-refractivity contribution in [2.75, 3.05) is 5.73 Å². The van der Waals surface area contributed by atoms with Crippen LogP contribution in [0.5, 0.6) is 0 Å². The molecule has 0 unspecified atom stereocenters. The Morgan fingerprint density at radius 3 is 2.48 bits per heavy atom. The highest BCUT2D eigenvalue weighted by Gasteiger charge is 2.39. The van der Waals surface area contributed by atoms with Crippen molar-refractivity contribution in [3.05, 3.63) is 42.1 Å². The number of benzene rings is 1. The number of rotatable bonds is 5. The molecule has 0 spiro atoms. The molecule has 3 rings (SSSR count). The van der Waals surface area contributed by atoms with Crippen LogP contribution in [0, 0.1) is 0 Å². The number of aryl methyl sites for hydroxylation is 1. The third kappa shape index (κ3) is 2.79. The summed E-state index contributed by atoms with van der Waals surface area (Å²) in [7, 11) is -1.89. The van der Waals surface area contributed by atoms with E-state index < -0.39 is 10.0 Å². The van der Waals surface area contributed by atoms with Gasteiger partial charge in [-0.3, -0.25) is 4.68 Å². The lowest BCUT2D eigenvalue weighted by Gasteiger charge is -2.22. The van der Waals surface area contributed by atoms with E-state index in [1.807, 2.05) is 12.1 Å². The first-order valence-corrected chi connectivity index (χ1v) is 8.27. The van der Waals surface area contributed by atoms with Gasteiger partial charge in [-0.25, -0.2) is 8.42 Å². The predicted octanol–water partition coefficient (Wildman–Crippen LogP) is 1.36. The van der Waals surface area contributed by atoms with Crippen LogP contribution in [-0.2, 0) is 23.6 Å². The molecule has 2 N–H and O–H groups in total. The molecular formula is C14H18N4O2S. The second-order valence-corrected chi connectivity index (χ2v) is 7.15. The molecule has 1 aromatic heterocycles. The quantitative estimate of drug-likeness (QED) is 0.846. The van der Waals surface area contributed by atoms with E-state index in [9.17, 15) is 8.42 Å². The van der Waals surface area contributed by atoms with E-state index in [0.717, 1.165) is 18.4 Å². The van der Waals surface area contributed by atoms with Crippen molar-refractivity contribution >= 4 is 15.7 Å². The molecule has 0 amide bonds. The Balaban J connectivity index is 1.91. The van der Waals surface area contributed by atoms with Crippen molar-refractivity contribution in [3.63, 3.8) is 0 Å². The third-order valence-electron chi connectivity index (χ3n) is 3.62. The minimum Gasteiger partial charge on any atom is -0.399 e. The summed E-state index contributed by atoms with van der Waals surface area (Å²) in [6, 6.07) is 8.93. The van der Waals surface area contributed by atoms with Crippen molar-refractivity contribution in [3.8, 4) is 0 Å². The fraction of sp³-hybridized carbons (Fsp3) is 0.357. The molecular weight excluding hydrogens is 288 g/mol. The lowest BCUT2D eigenvalue weighted by molar-refractivity contribution is 0.393. The molecule has 6 nitrogen and oxygen atoms in total. The Morgan fingerprint density at radius 1 is 1.29 bits per heavy atom. The fourth-order valence-corrected chi connectivity index (χ4v) is 4.09. The van der Waals surface area contributed by atoms with Crippen LogP contribution in [0.1, 0.15) is 18.4 Å². The minimum absolute atomic E-state index is 0.0856. The summed E-state index contributed by atoms with van der Waals surface area (Å²) < 4.78 is 28.6. The number of anilines is 1. The van der Waals surface area contributed by atoms with E-state index in [2.05, 4.69) is 5.10 Å². The van der Waals surface area contributed by atoms with E-state index in [4.69, 9.17) is 5.73 Å². The SMILES string of the molecule is Cn1nccc1S(=O)(=O)N(Cc1ccc(N)cc1)C1CC1.